The third-order valence-electron chi connectivity index (χ3n) is 17.0. The van der Waals surface area contributed by atoms with E-state index in [0.717, 1.165) is 0 Å². The van der Waals surface area contributed by atoms with Crippen molar-refractivity contribution in [3.05, 3.63) is 0 Å². The molecule has 0 bridgehead atoms. The molecule has 0 fully saturated rings. The summed E-state index contributed by atoms with van der Waals surface area (Å²) in [6, 6.07) is 0. The Morgan fingerprint density at radius 3 is 0.309 bits per heavy atom. The Labute approximate surface area is 436 Å². The van der Waals surface area contributed by atoms with Gasteiger partial charge in [-0.3, -0.25) is 0 Å². The molecular weight excluding hydrogens is 836 g/mol. The van der Waals surface area contributed by atoms with Gasteiger partial charge in [0, 0.05) is 0 Å². The van der Waals surface area contributed by atoms with Crippen LogP contribution in [0.25, 0.3) is 0 Å². The standard InChI is InChI=1S/C67H139P/c1-5-9-13-17-21-25-29-33-37-38-39-43-47-51-55-59-63-67-68(64-60-56-52-48-44-40-34-30-26-22-18-14-10-6-2,65-61-57-53-49-45-41-35-31-27-23-19-15-11-7-3)66-62-58-54-50-46-42-36-32-28-24-20-16-12-8-4/h68H,5-67H2,1-4H3. The Morgan fingerprint density at radius 1 is 0.118 bits per heavy atom. The van der Waals surface area contributed by atoms with Gasteiger partial charge in [0.2, 0.25) is 0 Å². The van der Waals surface area contributed by atoms with Gasteiger partial charge in [-0.1, -0.05) is 124 Å². The van der Waals surface area contributed by atoms with Crippen LogP contribution in [0.1, 0.15) is 407 Å². The van der Waals surface area contributed by atoms with Crippen molar-refractivity contribution < 1.29 is 0 Å². The van der Waals surface area contributed by atoms with E-state index in [9.17, 15) is 0 Å². The van der Waals surface area contributed by atoms with Gasteiger partial charge >= 0.3 is 314 Å². The molecule has 0 saturated carbocycles. The van der Waals surface area contributed by atoms with E-state index < -0.39 is 7.26 Å². The molecule has 0 heterocycles. The molecule has 68 heavy (non-hydrogen) atoms. The van der Waals surface area contributed by atoms with Crippen LogP contribution in [0.15, 0.2) is 0 Å². The zero-order chi connectivity index (χ0) is 49.0. The van der Waals surface area contributed by atoms with E-state index in [0.29, 0.717) is 0 Å². The molecule has 0 aliphatic carbocycles. The molecule has 412 valence electrons. The fourth-order valence-corrected chi connectivity index (χ4v) is 17.6. The van der Waals surface area contributed by atoms with Crippen LogP contribution < -0.4 is 0 Å². The van der Waals surface area contributed by atoms with E-state index in [1.807, 2.05) is 0 Å². The van der Waals surface area contributed by atoms with E-state index in [2.05, 4.69) is 27.7 Å². The van der Waals surface area contributed by atoms with Gasteiger partial charge in [-0.15, -0.1) is 0 Å². The first-order valence-corrected chi connectivity index (χ1v) is 36.6. The Hall–Kier alpha value is 0.430. The molecular formula is C67H139P. The average molecular weight is 976 g/mol. The average Bonchev–Trinajstić information content (AvgIpc) is 3.35. The van der Waals surface area contributed by atoms with Crippen molar-refractivity contribution in [2.45, 2.75) is 407 Å². The predicted octanol–water partition coefficient (Wildman–Crippen LogP) is 25.8. The van der Waals surface area contributed by atoms with Crippen LogP contribution in [-0.2, 0) is 0 Å². The normalized spacial score (nSPS) is 12.2. The summed E-state index contributed by atoms with van der Waals surface area (Å²) in [5, 5.41) is 0. The molecule has 0 spiro atoms. The summed E-state index contributed by atoms with van der Waals surface area (Å²) < 4.78 is 0. The quantitative estimate of drug-likeness (QED) is 0.0421. The van der Waals surface area contributed by atoms with Crippen LogP contribution in [0, 0.1) is 0 Å². The molecule has 0 nitrogen and oxygen atoms in total. The molecule has 0 radical (unpaired) electrons. The van der Waals surface area contributed by atoms with Gasteiger partial charge in [-0.25, -0.2) is 0 Å². The zero-order valence-corrected chi connectivity index (χ0v) is 50.0. The van der Waals surface area contributed by atoms with Crippen molar-refractivity contribution in [1.29, 1.82) is 0 Å². The van der Waals surface area contributed by atoms with Crippen LogP contribution in [0.5, 0.6) is 0 Å². The second-order valence-electron chi connectivity index (χ2n) is 23.9. The zero-order valence-electron chi connectivity index (χ0n) is 49.0. The minimum Gasteiger partial charge on any atom is -0.0654 e. The van der Waals surface area contributed by atoms with Crippen LogP contribution in [-0.4, -0.2) is 24.6 Å². The Kier molecular flexibility index (Phi) is 62.1. The van der Waals surface area contributed by atoms with E-state index in [4.69, 9.17) is 0 Å². The van der Waals surface area contributed by atoms with Crippen LogP contribution in [0.2, 0.25) is 0 Å². The van der Waals surface area contributed by atoms with E-state index in [1.54, 1.807) is 76.0 Å². The molecule has 0 unspecified atom stereocenters. The van der Waals surface area contributed by atoms with Gasteiger partial charge in [0.25, 0.3) is 0 Å². The summed E-state index contributed by atoms with van der Waals surface area (Å²) >= 11 is 0. The molecule has 0 aromatic heterocycles. The summed E-state index contributed by atoms with van der Waals surface area (Å²) in [6.07, 6.45) is 95.1. The molecule has 0 aromatic rings. The second kappa shape index (κ2) is 61.7. The van der Waals surface area contributed by atoms with Gasteiger partial charge in [-0.2, -0.15) is 0 Å². The second-order valence-corrected chi connectivity index (χ2v) is 28.9. The maximum absolute atomic E-state index is 2.34. The predicted molar refractivity (Wildman–Crippen MR) is 323 cm³/mol. The van der Waals surface area contributed by atoms with Gasteiger partial charge in [0.05, 0.1) is 0 Å². The number of rotatable bonds is 63. The minimum absolute atomic E-state index is 1.21. The number of unbranched alkanes of at least 4 members (excludes halogenated alkanes) is 55. The number of hydrogen-bond acceptors (Lipinski definition) is 0. The summed E-state index contributed by atoms with van der Waals surface area (Å²) in [4.78, 5) is 0. The van der Waals surface area contributed by atoms with Crippen LogP contribution in [0.4, 0.5) is 0 Å². The first-order valence-electron chi connectivity index (χ1n) is 33.7. The van der Waals surface area contributed by atoms with Gasteiger partial charge < -0.3 is 0 Å². The smallest absolute Gasteiger partial charge is 0.0654 e. The van der Waals surface area contributed by atoms with Crippen molar-refractivity contribution >= 4 is 7.26 Å². The first kappa shape index (κ1) is 68.4. The van der Waals surface area contributed by atoms with Crippen molar-refractivity contribution in [2.75, 3.05) is 24.6 Å². The van der Waals surface area contributed by atoms with Gasteiger partial charge in [-0.05, 0) is 0 Å². The third-order valence-corrected chi connectivity index (χ3v) is 22.6. The van der Waals surface area contributed by atoms with E-state index in [-0.39, 0.29) is 0 Å². The molecule has 0 aliphatic rings. The van der Waals surface area contributed by atoms with Crippen molar-refractivity contribution in [2.24, 2.45) is 0 Å². The minimum atomic E-state index is -1.21. The molecule has 0 rings (SSSR count). The molecule has 0 N–H and O–H groups in total. The monoisotopic (exact) mass is 975 g/mol. The molecule has 0 saturated heterocycles. The van der Waals surface area contributed by atoms with Crippen molar-refractivity contribution in [3.8, 4) is 0 Å². The maximum atomic E-state index is 2.34. The third kappa shape index (κ3) is 55.7. The summed E-state index contributed by atoms with van der Waals surface area (Å²) in [6.45, 7) is 9.34. The molecule has 0 amide bonds. The first-order chi connectivity index (χ1) is 33.7. The van der Waals surface area contributed by atoms with Gasteiger partial charge in [0.1, 0.15) is 0 Å². The fraction of sp³-hybridized carbons (Fsp3) is 1.00. The Bertz CT molecular complexity index is 770. The SMILES string of the molecule is CCCCCCCCCCCCCCCCCCC[PH](CCCCCCCCCCCCCCCC)(CCCCCCCCCCCCCCCC)CCCCCCCCCCCCCCCC. The Morgan fingerprint density at radius 2 is 0.206 bits per heavy atom. The Balaban J connectivity index is 4.93. The molecule has 0 atom stereocenters. The van der Waals surface area contributed by atoms with Gasteiger partial charge in [0.15, 0.2) is 0 Å². The van der Waals surface area contributed by atoms with Crippen LogP contribution >= 0.6 is 7.26 Å². The summed E-state index contributed by atoms with van der Waals surface area (Å²) in [7, 11) is -1.21. The van der Waals surface area contributed by atoms with Crippen molar-refractivity contribution in [1.82, 2.24) is 0 Å². The molecule has 0 aromatic carbocycles. The summed E-state index contributed by atoms with van der Waals surface area (Å²) in [5.74, 6) is 0. The van der Waals surface area contributed by atoms with E-state index >= 15 is 0 Å². The van der Waals surface area contributed by atoms with Crippen LogP contribution in [0.3, 0.4) is 0 Å². The molecule has 0 aliphatic heterocycles. The molecule has 1 heteroatoms. The topological polar surface area (TPSA) is 0 Å². The fourth-order valence-electron chi connectivity index (χ4n) is 12.1. The van der Waals surface area contributed by atoms with Crippen molar-refractivity contribution in [3.63, 3.8) is 0 Å². The summed E-state index contributed by atoms with van der Waals surface area (Å²) in [5.41, 5.74) is 0. The number of hydrogen-bond donors (Lipinski definition) is 0. The van der Waals surface area contributed by atoms with E-state index in [1.165, 1.54) is 327 Å².